The van der Waals surface area contributed by atoms with E-state index in [1.54, 1.807) is 19.9 Å². The molecule has 0 aliphatic rings. The number of hydrogen-bond acceptors (Lipinski definition) is 3. The molecule has 1 aromatic heterocycles. The first kappa shape index (κ1) is 14.1. The molecule has 0 spiro atoms. The third-order valence-corrected chi connectivity index (χ3v) is 3.39. The topological polar surface area (TPSA) is 79.5 Å². The summed E-state index contributed by atoms with van der Waals surface area (Å²) in [5, 5.41) is 12.4. The van der Waals surface area contributed by atoms with Gasteiger partial charge in [-0.2, -0.15) is 0 Å². The number of aryl methyl sites for hydroxylation is 1. The van der Waals surface area contributed by atoms with Crippen LogP contribution in [0.1, 0.15) is 30.0 Å². The minimum atomic E-state index is -0.946. The lowest BCUT2D eigenvalue weighted by atomic mass is 10.0. The van der Waals surface area contributed by atoms with E-state index in [0.717, 1.165) is 10.9 Å². The highest BCUT2D eigenvalue weighted by atomic mass is 16.4. The van der Waals surface area contributed by atoms with Crippen LogP contribution in [-0.4, -0.2) is 23.0 Å². The largest absolute Gasteiger partial charge is 0.481 e. The summed E-state index contributed by atoms with van der Waals surface area (Å²) in [6.45, 7) is 5.17. The van der Waals surface area contributed by atoms with Crippen molar-refractivity contribution in [3.63, 3.8) is 0 Å². The smallest absolute Gasteiger partial charge is 0.308 e. The van der Waals surface area contributed by atoms with Gasteiger partial charge in [-0.1, -0.05) is 11.6 Å². The zero-order chi connectivity index (χ0) is 14.9. The first-order valence-corrected chi connectivity index (χ1v) is 6.42. The molecule has 20 heavy (non-hydrogen) atoms. The first-order valence-electron chi connectivity index (χ1n) is 6.42. The Labute approximate surface area is 116 Å². The molecule has 5 nitrogen and oxygen atoms in total. The number of aliphatic carboxylic acids is 1. The van der Waals surface area contributed by atoms with Gasteiger partial charge in [-0.05, 0) is 39.0 Å². The van der Waals surface area contributed by atoms with Crippen LogP contribution in [0.15, 0.2) is 28.7 Å². The van der Waals surface area contributed by atoms with E-state index in [1.165, 1.54) is 0 Å². The molecular formula is C15H17NO4. The molecule has 0 radical (unpaired) electrons. The van der Waals surface area contributed by atoms with Crippen LogP contribution in [0.2, 0.25) is 0 Å². The fourth-order valence-corrected chi connectivity index (χ4v) is 1.89. The van der Waals surface area contributed by atoms with Crippen LogP contribution in [0.3, 0.4) is 0 Å². The van der Waals surface area contributed by atoms with Gasteiger partial charge in [-0.25, -0.2) is 0 Å². The first-order chi connectivity index (χ1) is 9.38. The molecule has 2 aromatic rings. The predicted molar refractivity (Wildman–Crippen MR) is 74.7 cm³/mol. The lowest BCUT2D eigenvalue weighted by molar-refractivity contribution is -0.141. The molecule has 0 saturated heterocycles. The number of furan rings is 1. The Morgan fingerprint density at radius 2 is 1.95 bits per heavy atom. The summed E-state index contributed by atoms with van der Waals surface area (Å²) in [5.41, 5.74) is 1.72. The Morgan fingerprint density at radius 1 is 1.25 bits per heavy atom. The number of amides is 1. The summed E-state index contributed by atoms with van der Waals surface area (Å²) < 4.78 is 5.47. The number of nitrogens with one attached hydrogen (secondary N) is 1. The van der Waals surface area contributed by atoms with Crippen molar-refractivity contribution >= 4 is 22.8 Å². The van der Waals surface area contributed by atoms with E-state index in [1.807, 2.05) is 25.1 Å². The molecule has 2 N–H and O–H groups in total. The number of fused-ring (bicyclic) bond motifs is 1. The highest BCUT2D eigenvalue weighted by Gasteiger charge is 2.22. The summed E-state index contributed by atoms with van der Waals surface area (Å²) in [4.78, 5) is 22.9. The molecule has 1 aromatic carbocycles. The molecule has 0 saturated carbocycles. The molecule has 106 valence electrons. The fourth-order valence-electron chi connectivity index (χ4n) is 1.89. The Morgan fingerprint density at radius 3 is 2.60 bits per heavy atom. The van der Waals surface area contributed by atoms with Crippen molar-refractivity contribution in [1.29, 1.82) is 0 Å². The Bertz CT molecular complexity index is 659. The van der Waals surface area contributed by atoms with Crippen molar-refractivity contribution in [2.75, 3.05) is 0 Å². The third-order valence-electron chi connectivity index (χ3n) is 3.39. The van der Waals surface area contributed by atoms with Crippen LogP contribution in [0, 0.1) is 12.8 Å². The van der Waals surface area contributed by atoms with Gasteiger partial charge in [-0.3, -0.25) is 9.59 Å². The minimum Gasteiger partial charge on any atom is -0.481 e. The number of carbonyl (C=O) groups is 2. The van der Waals surface area contributed by atoms with Gasteiger partial charge in [0.2, 0.25) is 0 Å². The van der Waals surface area contributed by atoms with Gasteiger partial charge in [0, 0.05) is 11.4 Å². The zero-order valence-electron chi connectivity index (χ0n) is 11.6. The van der Waals surface area contributed by atoms with Crippen LogP contribution in [-0.2, 0) is 4.79 Å². The van der Waals surface area contributed by atoms with Gasteiger partial charge in [0.05, 0.1) is 5.92 Å². The maximum absolute atomic E-state index is 12.0. The highest BCUT2D eigenvalue weighted by Crippen LogP contribution is 2.20. The van der Waals surface area contributed by atoms with Crippen molar-refractivity contribution in [3.8, 4) is 0 Å². The van der Waals surface area contributed by atoms with E-state index in [-0.39, 0.29) is 5.76 Å². The predicted octanol–water partition coefficient (Wildman–Crippen LogP) is 2.58. The molecule has 1 amide bonds. The minimum absolute atomic E-state index is 0.190. The second-order valence-electron chi connectivity index (χ2n) is 5.04. The fraction of sp³-hybridized carbons (Fsp3) is 0.333. The van der Waals surface area contributed by atoms with Gasteiger partial charge in [0.25, 0.3) is 5.91 Å². The van der Waals surface area contributed by atoms with Crippen LogP contribution in [0.4, 0.5) is 0 Å². The van der Waals surface area contributed by atoms with Crippen LogP contribution in [0.5, 0.6) is 0 Å². The normalized spacial score (nSPS) is 13.9. The number of carboxylic acids is 1. The monoisotopic (exact) mass is 275 g/mol. The second-order valence-corrected chi connectivity index (χ2v) is 5.04. The molecule has 0 fully saturated rings. The van der Waals surface area contributed by atoms with Crippen molar-refractivity contribution < 1.29 is 19.1 Å². The molecule has 2 rings (SSSR count). The van der Waals surface area contributed by atoms with E-state index < -0.39 is 23.8 Å². The van der Waals surface area contributed by atoms with Gasteiger partial charge >= 0.3 is 5.97 Å². The van der Waals surface area contributed by atoms with Crippen molar-refractivity contribution in [3.05, 3.63) is 35.6 Å². The maximum Gasteiger partial charge on any atom is 0.308 e. The van der Waals surface area contributed by atoms with Gasteiger partial charge in [-0.15, -0.1) is 0 Å². The average Bonchev–Trinajstić information content (AvgIpc) is 2.80. The summed E-state index contributed by atoms with van der Waals surface area (Å²) in [5.74, 6) is -1.82. The summed E-state index contributed by atoms with van der Waals surface area (Å²) in [6, 6.07) is 6.83. The van der Waals surface area contributed by atoms with Crippen molar-refractivity contribution in [2.45, 2.75) is 26.8 Å². The summed E-state index contributed by atoms with van der Waals surface area (Å²) in [6.07, 6.45) is 0. The van der Waals surface area contributed by atoms with Crippen LogP contribution in [0.25, 0.3) is 11.0 Å². The van der Waals surface area contributed by atoms with E-state index in [0.29, 0.717) is 5.58 Å². The average molecular weight is 275 g/mol. The van der Waals surface area contributed by atoms with Crippen molar-refractivity contribution in [2.24, 2.45) is 5.92 Å². The Kier molecular flexibility index (Phi) is 3.79. The second kappa shape index (κ2) is 5.36. The highest BCUT2D eigenvalue weighted by molar-refractivity contribution is 5.96. The zero-order valence-corrected chi connectivity index (χ0v) is 11.6. The molecule has 0 aliphatic carbocycles. The van der Waals surface area contributed by atoms with Gasteiger partial charge < -0.3 is 14.8 Å². The quantitative estimate of drug-likeness (QED) is 0.898. The Hall–Kier alpha value is -2.30. The van der Waals surface area contributed by atoms with Crippen LogP contribution < -0.4 is 5.32 Å². The van der Waals surface area contributed by atoms with E-state index >= 15 is 0 Å². The molecule has 2 unspecified atom stereocenters. The van der Waals surface area contributed by atoms with Crippen molar-refractivity contribution in [1.82, 2.24) is 5.32 Å². The lowest BCUT2D eigenvalue weighted by Gasteiger charge is -2.16. The number of hydrogen-bond donors (Lipinski definition) is 2. The number of rotatable bonds is 4. The third kappa shape index (κ3) is 2.82. The number of carboxylic acid groups (broad SMARTS) is 1. The van der Waals surface area contributed by atoms with E-state index in [9.17, 15) is 9.59 Å². The number of carbonyl (C=O) groups excluding carboxylic acids is 1. The van der Waals surface area contributed by atoms with Gasteiger partial charge in [0.15, 0.2) is 5.76 Å². The summed E-state index contributed by atoms with van der Waals surface area (Å²) >= 11 is 0. The van der Waals surface area contributed by atoms with E-state index in [4.69, 9.17) is 9.52 Å². The van der Waals surface area contributed by atoms with E-state index in [2.05, 4.69) is 5.32 Å². The molecule has 5 heteroatoms. The lowest BCUT2D eigenvalue weighted by Crippen LogP contribution is -2.39. The summed E-state index contributed by atoms with van der Waals surface area (Å²) in [7, 11) is 0. The Balaban J connectivity index is 2.17. The molecule has 0 aliphatic heterocycles. The standard InChI is InChI=1S/C15H17NO4/c1-8-4-5-12-11(6-8)7-13(20-12)14(17)16-10(3)9(2)15(18)19/h4-7,9-10H,1-3H3,(H,16,17)(H,18,19). The van der Waals surface area contributed by atoms with Gasteiger partial charge in [0.1, 0.15) is 5.58 Å². The molecule has 2 atom stereocenters. The molecule has 1 heterocycles. The maximum atomic E-state index is 12.0. The molecule has 0 bridgehead atoms. The van der Waals surface area contributed by atoms with Crippen LogP contribution >= 0.6 is 0 Å². The number of benzene rings is 1. The molecular weight excluding hydrogens is 258 g/mol. The SMILES string of the molecule is Cc1ccc2oc(C(=O)NC(C)C(C)C(=O)O)cc2c1.